The van der Waals surface area contributed by atoms with Gasteiger partial charge in [0.25, 0.3) is 0 Å². The lowest BCUT2D eigenvalue weighted by atomic mass is 10.0. The summed E-state index contributed by atoms with van der Waals surface area (Å²) in [5.74, 6) is 1.01. The molecule has 2 heterocycles. The van der Waals surface area contributed by atoms with E-state index in [0.29, 0.717) is 6.04 Å². The molecular formula is C20H24N4. The van der Waals surface area contributed by atoms with Gasteiger partial charge in [0, 0.05) is 24.8 Å². The fourth-order valence-electron chi connectivity index (χ4n) is 3.29. The number of hydrogen-bond donors (Lipinski definition) is 1. The van der Waals surface area contributed by atoms with Crippen molar-refractivity contribution in [2.75, 3.05) is 23.3 Å². The predicted molar refractivity (Wildman–Crippen MR) is 98.5 cm³/mol. The van der Waals surface area contributed by atoms with Crippen molar-refractivity contribution in [3.8, 4) is 6.07 Å². The number of aryl methyl sites for hydroxylation is 3. The van der Waals surface area contributed by atoms with Gasteiger partial charge < -0.3 is 10.2 Å². The van der Waals surface area contributed by atoms with E-state index in [9.17, 15) is 5.26 Å². The SMILES string of the molecule is Cc1cc(C)c(NC2CCN(c3ccccc3C#N)CC2)nc1C. The lowest BCUT2D eigenvalue weighted by molar-refractivity contribution is 0.525. The Morgan fingerprint density at radius 2 is 1.83 bits per heavy atom. The second-order valence-electron chi connectivity index (χ2n) is 6.59. The van der Waals surface area contributed by atoms with Crippen LogP contribution in [0.1, 0.15) is 35.2 Å². The number of pyridine rings is 1. The quantitative estimate of drug-likeness (QED) is 0.930. The van der Waals surface area contributed by atoms with Crippen molar-refractivity contribution in [3.05, 3.63) is 52.7 Å². The highest BCUT2D eigenvalue weighted by atomic mass is 15.2. The molecule has 1 saturated heterocycles. The molecule has 1 fully saturated rings. The summed E-state index contributed by atoms with van der Waals surface area (Å²) >= 11 is 0. The Hall–Kier alpha value is -2.54. The van der Waals surface area contributed by atoms with Gasteiger partial charge in [0.2, 0.25) is 0 Å². The van der Waals surface area contributed by atoms with Gasteiger partial charge in [0.05, 0.1) is 11.3 Å². The van der Waals surface area contributed by atoms with E-state index in [2.05, 4.69) is 43.1 Å². The summed E-state index contributed by atoms with van der Waals surface area (Å²) in [6.07, 6.45) is 2.10. The van der Waals surface area contributed by atoms with E-state index in [0.717, 1.165) is 48.7 Å². The maximum Gasteiger partial charge on any atom is 0.129 e. The molecule has 1 N–H and O–H groups in total. The Kier molecular flexibility index (Phi) is 4.71. The van der Waals surface area contributed by atoms with Crippen LogP contribution in [-0.2, 0) is 0 Å². The van der Waals surface area contributed by atoms with Crippen LogP contribution >= 0.6 is 0 Å². The third kappa shape index (κ3) is 3.35. The first-order valence-electron chi connectivity index (χ1n) is 8.54. The van der Waals surface area contributed by atoms with Gasteiger partial charge in [-0.3, -0.25) is 0 Å². The van der Waals surface area contributed by atoms with Crippen LogP contribution in [0.4, 0.5) is 11.5 Å². The first-order chi connectivity index (χ1) is 11.6. The van der Waals surface area contributed by atoms with E-state index in [1.54, 1.807) is 0 Å². The fourth-order valence-corrected chi connectivity index (χ4v) is 3.29. The van der Waals surface area contributed by atoms with Crippen LogP contribution in [0.25, 0.3) is 0 Å². The monoisotopic (exact) mass is 320 g/mol. The Bertz CT molecular complexity index is 768. The molecule has 0 spiro atoms. The zero-order chi connectivity index (χ0) is 17.1. The summed E-state index contributed by atoms with van der Waals surface area (Å²) in [4.78, 5) is 7.02. The smallest absolute Gasteiger partial charge is 0.129 e. The van der Waals surface area contributed by atoms with E-state index in [4.69, 9.17) is 4.98 Å². The summed E-state index contributed by atoms with van der Waals surface area (Å²) in [6.45, 7) is 8.19. The molecule has 2 aromatic rings. The molecule has 0 saturated carbocycles. The molecule has 3 rings (SSSR count). The number of hydrogen-bond acceptors (Lipinski definition) is 4. The molecule has 4 nitrogen and oxygen atoms in total. The number of nitrogens with one attached hydrogen (secondary N) is 1. The van der Waals surface area contributed by atoms with E-state index in [1.807, 2.05) is 24.3 Å². The van der Waals surface area contributed by atoms with Gasteiger partial charge in [-0.05, 0) is 56.9 Å². The number of anilines is 2. The van der Waals surface area contributed by atoms with Crippen molar-refractivity contribution in [2.45, 2.75) is 39.7 Å². The molecule has 24 heavy (non-hydrogen) atoms. The number of para-hydroxylation sites is 1. The molecule has 0 radical (unpaired) electrons. The molecule has 0 atom stereocenters. The van der Waals surface area contributed by atoms with Crippen molar-refractivity contribution in [2.24, 2.45) is 0 Å². The number of nitrogens with zero attached hydrogens (tertiary/aromatic N) is 3. The third-order valence-electron chi connectivity index (χ3n) is 4.86. The molecule has 124 valence electrons. The number of benzene rings is 1. The van der Waals surface area contributed by atoms with E-state index >= 15 is 0 Å². The molecule has 0 aliphatic carbocycles. The summed E-state index contributed by atoms with van der Waals surface area (Å²) in [5.41, 5.74) is 5.34. The average Bonchev–Trinajstić information content (AvgIpc) is 2.60. The van der Waals surface area contributed by atoms with Crippen molar-refractivity contribution in [1.82, 2.24) is 4.98 Å². The van der Waals surface area contributed by atoms with Gasteiger partial charge in [-0.15, -0.1) is 0 Å². The molecular weight excluding hydrogens is 296 g/mol. The molecule has 1 aliphatic rings. The maximum absolute atomic E-state index is 9.28. The molecule has 1 aromatic heterocycles. The van der Waals surface area contributed by atoms with E-state index in [-0.39, 0.29) is 0 Å². The van der Waals surface area contributed by atoms with Crippen LogP contribution < -0.4 is 10.2 Å². The summed E-state index contributed by atoms with van der Waals surface area (Å²) < 4.78 is 0. The Morgan fingerprint density at radius 3 is 2.54 bits per heavy atom. The van der Waals surface area contributed by atoms with Gasteiger partial charge in [0.1, 0.15) is 11.9 Å². The van der Waals surface area contributed by atoms with Gasteiger partial charge in [-0.2, -0.15) is 5.26 Å². The van der Waals surface area contributed by atoms with Crippen LogP contribution in [0.5, 0.6) is 0 Å². The summed E-state index contributed by atoms with van der Waals surface area (Å²) in [5, 5.41) is 12.9. The Balaban J connectivity index is 1.66. The number of piperidine rings is 1. The minimum Gasteiger partial charge on any atom is -0.370 e. The lowest BCUT2D eigenvalue weighted by Crippen LogP contribution is -2.39. The van der Waals surface area contributed by atoms with E-state index in [1.165, 1.54) is 11.1 Å². The first kappa shape index (κ1) is 16.3. The van der Waals surface area contributed by atoms with E-state index < -0.39 is 0 Å². The number of aromatic nitrogens is 1. The van der Waals surface area contributed by atoms with Crippen LogP contribution in [0, 0.1) is 32.1 Å². The molecule has 1 aliphatic heterocycles. The van der Waals surface area contributed by atoms with Gasteiger partial charge in [-0.25, -0.2) is 4.98 Å². The molecule has 0 unspecified atom stereocenters. The second-order valence-corrected chi connectivity index (χ2v) is 6.59. The largest absolute Gasteiger partial charge is 0.370 e. The Labute approximate surface area is 144 Å². The molecule has 1 aromatic carbocycles. The first-order valence-corrected chi connectivity index (χ1v) is 8.54. The zero-order valence-corrected chi connectivity index (χ0v) is 14.6. The van der Waals surface area contributed by atoms with Crippen molar-refractivity contribution in [1.29, 1.82) is 5.26 Å². The van der Waals surface area contributed by atoms with Gasteiger partial charge in [0.15, 0.2) is 0 Å². The number of rotatable bonds is 3. The predicted octanol–water partition coefficient (Wildman–Crippen LogP) is 3.96. The van der Waals surface area contributed by atoms with Crippen molar-refractivity contribution < 1.29 is 0 Å². The van der Waals surface area contributed by atoms with Crippen LogP contribution in [-0.4, -0.2) is 24.1 Å². The average molecular weight is 320 g/mol. The fraction of sp³-hybridized carbons (Fsp3) is 0.400. The number of nitriles is 1. The van der Waals surface area contributed by atoms with Crippen LogP contribution in [0.2, 0.25) is 0 Å². The second kappa shape index (κ2) is 6.92. The Morgan fingerprint density at radius 1 is 1.12 bits per heavy atom. The highest BCUT2D eigenvalue weighted by Gasteiger charge is 2.21. The van der Waals surface area contributed by atoms with Gasteiger partial charge in [-0.1, -0.05) is 18.2 Å². The zero-order valence-electron chi connectivity index (χ0n) is 14.6. The summed E-state index contributed by atoms with van der Waals surface area (Å²) in [6, 6.07) is 12.8. The minimum absolute atomic E-state index is 0.434. The molecule has 0 amide bonds. The topological polar surface area (TPSA) is 52.0 Å². The molecule has 4 heteroatoms. The third-order valence-corrected chi connectivity index (χ3v) is 4.86. The van der Waals surface area contributed by atoms with Crippen LogP contribution in [0.15, 0.2) is 30.3 Å². The lowest BCUT2D eigenvalue weighted by Gasteiger charge is -2.34. The van der Waals surface area contributed by atoms with Gasteiger partial charge >= 0.3 is 0 Å². The molecule has 0 bridgehead atoms. The normalized spacial score (nSPS) is 15.2. The van der Waals surface area contributed by atoms with Crippen molar-refractivity contribution in [3.63, 3.8) is 0 Å². The van der Waals surface area contributed by atoms with Crippen molar-refractivity contribution >= 4 is 11.5 Å². The maximum atomic E-state index is 9.28. The standard InChI is InChI=1S/C20H24N4/c1-14-12-15(2)20(22-16(14)3)23-18-8-10-24(11-9-18)19-7-5-4-6-17(19)13-21/h4-7,12,18H,8-11H2,1-3H3,(H,22,23). The minimum atomic E-state index is 0.434. The van der Waals surface area contributed by atoms with Crippen LogP contribution in [0.3, 0.4) is 0 Å². The summed E-state index contributed by atoms with van der Waals surface area (Å²) in [7, 11) is 0. The highest BCUT2D eigenvalue weighted by molar-refractivity contribution is 5.59. The highest BCUT2D eigenvalue weighted by Crippen LogP contribution is 2.25.